The predicted molar refractivity (Wildman–Crippen MR) is 76.8 cm³/mol. The van der Waals surface area contributed by atoms with Gasteiger partial charge in [-0.2, -0.15) is 5.10 Å². The number of hydrogen-bond donors (Lipinski definition) is 2. The molecule has 1 fully saturated rings. The van der Waals surface area contributed by atoms with E-state index >= 15 is 0 Å². The first kappa shape index (κ1) is 13.7. The largest absolute Gasteiger partial charge is 0.389 e. The Balaban J connectivity index is 1.85. The highest BCUT2D eigenvalue weighted by Crippen LogP contribution is 2.11. The van der Waals surface area contributed by atoms with E-state index in [9.17, 15) is 4.79 Å². The van der Waals surface area contributed by atoms with Gasteiger partial charge in [-0.15, -0.1) is 5.10 Å². The normalized spacial score (nSPS) is 14.4. The van der Waals surface area contributed by atoms with Crippen LogP contribution in [0, 0.1) is 0 Å². The average Bonchev–Trinajstić information content (AvgIpc) is 2.93. The molecule has 1 aromatic heterocycles. The fraction of sp³-hybridized carbons (Fsp3) is 0.500. The number of nitrogens with one attached hydrogen (secondary N) is 1. The first-order chi connectivity index (χ1) is 9.18. The van der Waals surface area contributed by atoms with Crippen LogP contribution in [0.25, 0.3) is 0 Å². The number of anilines is 1. The van der Waals surface area contributed by atoms with Crippen molar-refractivity contribution in [2.24, 2.45) is 5.73 Å². The minimum absolute atomic E-state index is 0.172. The number of nitrogens with zero attached hydrogens (tertiary/aromatic N) is 3. The van der Waals surface area contributed by atoms with Gasteiger partial charge in [0.2, 0.25) is 5.91 Å². The summed E-state index contributed by atoms with van der Waals surface area (Å²) >= 11 is 4.93. The number of hydrogen-bond acceptors (Lipinski definition) is 5. The van der Waals surface area contributed by atoms with Crippen molar-refractivity contribution in [3.8, 4) is 0 Å². The Hall–Kier alpha value is -1.76. The van der Waals surface area contributed by atoms with E-state index in [2.05, 4.69) is 15.5 Å². The molecule has 0 spiro atoms. The van der Waals surface area contributed by atoms with Gasteiger partial charge in [0.1, 0.15) is 4.99 Å². The van der Waals surface area contributed by atoms with Crippen molar-refractivity contribution in [3.63, 3.8) is 0 Å². The summed E-state index contributed by atoms with van der Waals surface area (Å²) in [7, 11) is 0. The van der Waals surface area contributed by atoms with E-state index < -0.39 is 0 Å². The molecule has 2 rings (SSSR count). The van der Waals surface area contributed by atoms with Crippen LogP contribution in [0.5, 0.6) is 0 Å². The fourth-order valence-corrected chi connectivity index (χ4v) is 2.24. The molecule has 1 aromatic rings. The lowest BCUT2D eigenvalue weighted by Gasteiger charge is -2.15. The molecular weight excluding hydrogens is 262 g/mol. The van der Waals surface area contributed by atoms with Gasteiger partial charge in [-0.25, -0.2) is 0 Å². The zero-order chi connectivity index (χ0) is 13.7. The molecule has 0 atom stereocenters. The molecule has 1 aliphatic rings. The van der Waals surface area contributed by atoms with Crippen molar-refractivity contribution in [3.05, 3.63) is 17.8 Å². The molecule has 6 nitrogen and oxygen atoms in total. The number of carbonyl (C=O) groups is 1. The highest BCUT2D eigenvalue weighted by molar-refractivity contribution is 7.80. The van der Waals surface area contributed by atoms with Crippen LogP contribution >= 0.6 is 12.2 Å². The predicted octanol–water partition coefficient (Wildman–Crippen LogP) is 0.535. The van der Waals surface area contributed by atoms with Gasteiger partial charge in [-0.05, 0) is 18.9 Å². The van der Waals surface area contributed by atoms with Crippen molar-refractivity contribution < 1.29 is 4.79 Å². The zero-order valence-corrected chi connectivity index (χ0v) is 11.4. The van der Waals surface area contributed by atoms with E-state index in [1.165, 1.54) is 6.20 Å². The summed E-state index contributed by atoms with van der Waals surface area (Å²) in [4.78, 5) is 14.0. The van der Waals surface area contributed by atoms with Gasteiger partial charge in [-0.1, -0.05) is 12.2 Å². The topological polar surface area (TPSA) is 84.1 Å². The summed E-state index contributed by atoms with van der Waals surface area (Å²) in [6.07, 6.45) is 4.19. The summed E-state index contributed by atoms with van der Waals surface area (Å²) in [5.74, 6) is 0.704. The lowest BCUT2D eigenvalue weighted by atomic mass is 10.2. The summed E-state index contributed by atoms with van der Waals surface area (Å²) in [6.45, 7) is 2.26. The Morgan fingerprint density at radius 3 is 2.89 bits per heavy atom. The molecule has 0 unspecified atom stereocenters. The van der Waals surface area contributed by atoms with Crippen LogP contribution < -0.4 is 11.1 Å². The molecule has 1 amide bonds. The second-order valence-electron chi connectivity index (χ2n) is 4.42. The Bertz CT molecular complexity index is 473. The minimum atomic E-state index is 0.172. The van der Waals surface area contributed by atoms with Gasteiger partial charge in [0.25, 0.3) is 0 Å². The summed E-state index contributed by atoms with van der Waals surface area (Å²) in [5.41, 5.74) is 6.25. The highest BCUT2D eigenvalue weighted by atomic mass is 32.1. The molecule has 0 bridgehead atoms. The van der Waals surface area contributed by atoms with Gasteiger partial charge < -0.3 is 16.0 Å². The van der Waals surface area contributed by atoms with Gasteiger partial charge in [0.15, 0.2) is 5.82 Å². The quantitative estimate of drug-likeness (QED) is 0.765. The first-order valence-corrected chi connectivity index (χ1v) is 6.72. The molecule has 102 valence electrons. The van der Waals surface area contributed by atoms with Gasteiger partial charge in [0, 0.05) is 26.1 Å². The van der Waals surface area contributed by atoms with E-state index in [0.717, 1.165) is 25.9 Å². The lowest BCUT2D eigenvalue weighted by molar-refractivity contribution is -0.129. The fourth-order valence-electron chi connectivity index (χ4n) is 2.07. The monoisotopic (exact) mass is 279 g/mol. The van der Waals surface area contributed by atoms with Crippen LogP contribution in [0.2, 0.25) is 0 Å². The second kappa shape index (κ2) is 6.42. The van der Waals surface area contributed by atoms with Crippen LogP contribution in [0.1, 0.15) is 24.8 Å². The van der Waals surface area contributed by atoms with E-state index in [4.69, 9.17) is 18.0 Å². The Morgan fingerprint density at radius 1 is 1.47 bits per heavy atom. The number of carbonyl (C=O) groups excluding carboxylic acids is 1. The number of amides is 1. The van der Waals surface area contributed by atoms with E-state index in [0.29, 0.717) is 24.3 Å². The summed E-state index contributed by atoms with van der Waals surface area (Å²) in [5, 5.41) is 10.8. The van der Waals surface area contributed by atoms with Crippen molar-refractivity contribution in [2.45, 2.75) is 19.3 Å². The molecule has 19 heavy (non-hydrogen) atoms. The molecule has 0 aliphatic carbocycles. The van der Waals surface area contributed by atoms with Gasteiger partial charge >= 0.3 is 0 Å². The second-order valence-corrected chi connectivity index (χ2v) is 4.86. The Labute approximate surface area is 117 Å². The van der Waals surface area contributed by atoms with Crippen LogP contribution in [0.4, 0.5) is 5.82 Å². The third kappa shape index (κ3) is 3.60. The first-order valence-electron chi connectivity index (χ1n) is 6.31. The highest BCUT2D eigenvalue weighted by Gasteiger charge is 2.17. The van der Waals surface area contributed by atoms with E-state index in [1.807, 2.05) is 4.90 Å². The van der Waals surface area contributed by atoms with E-state index in [1.54, 1.807) is 6.07 Å². The molecule has 3 N–H and O–H groups in total. The molecule has 0 aromatic carbocycles. The molecule has 1 saturated heterocycles. The lowest BCUT2D eigenvalue weighted by Crippen LogP contribution is -2.29. The van der Waals surface area contributed by atoms with Crippen molar-refractivity contribution in [2.75, 3.05) is 25.0 Å². The van der Waals surface area contributed by atoms with Crippen molar-refractivity contribution >= 4 is 28.9 Å². The summed E-state index contributed by atoms with van der Waals surface area (Å²) in [6, 6.07) is 1.71. The number of aromatic nitrogens is 2. The SMILES string of the molecule is NC(=S)c1ccnnc1NCCC(=O)N1CCCC1. The van der Waals surface area contributed by atoms with Crippen LogP contribution in [0.3, 0.4) is 0 Å². The number of rotatable bonds is 5. The Kier molecular flexibility index (Phi) is 4.62. The minimum Gasteiger partial charge on any atom is -0.389 e. The van der Waals surface area contributed by atoms with Crippen LogP contribution in [-0.4, -0.2) is 45.6 Å². The molecule has 1 aliphatic heterocycles. The van der Waals surface area contributed by atoms with Crippen LogP contribution in [0.15, 0.2) is 12.3 Å². The molecule has 0 saturated carbocycles. The van der Waals surface area contributed by atoms with Crippen molar-refractivity contribution in [1.82, 2.24) is 15.1 Å². The third-order valence-electron chi connectivity index (χ3n) is 3.08. The maximum Gasteiger partial charge on any atom is 0.224 e. The van der Waals surface area contributed by atoms with Crippen molar-refractivity contribution in [1.29, 1.82) is 0 Å². The number of nitrogens with two attached hydrogens (primary N) is 1. The van der Waals surface area contributed by atoms with E-state index in [-0.39, 0.29) is 10.9 Å². The maximum absolute atomic E-state index is 11.9. The molecule has 0 radical (unpaired) electrons. The molecule has 7 heteroatoms. The standard InChI is InChI=1S/C12H17N5OS/c13-11(19)9-3-6-15-16-12(9)14-5-4-10(18)17-7-1-2-8-17/h3,6H,1-2,4-5,7-8H2,(H2,13,19)(H,14,16). The molecular formula is C12H17N5OS. The number of likely N-dealkylation sites (tertiary alicyclic amines) is 1. The van der Waals surface area contributed by atoms with Crippen LogP contribution in [-0.2, 0) is 4.79 Å². The molecule has 2 heterocycles. The Morgan fingerprint density at radius 2 is 2.21 bits per heavy atom. The van der Waals surface area contributed by atoms with Gasteiger partial charge in [-0.3, -0.25) is 4.79 Å². The smallest absolute Gasteiger partial charge is 0.224 e. The van der Waals surface area contributed by atoms with Gasteiger partial charge in [0.05, 0.1) is 11.8 Å². The average molecular weight is 279 g/mol. The summed E-state index contributed by atoms with van der Waals surface area (Å²) < 4.78 is 0. The number of thiocarbonyl (C=S) groups is 1. The zero-order valence-electron chi connectivity index (χ0n) is 10.6. The third-order valence-corrected chi connectivity index (χ3v) is 3.30. The maximum atomic E-state index is 11.9.